The van der Waals surface area contributed by atoms with Gasteiger partial charge >= 0.3 is 0 Å². The fraction of sp³-hybridized carbons (Fsp3) is 0.100. The number of amides is 1. The first kappa shape index (κ1) is 10.3. The molecule has 1 amide bonds. The second kappa shape index (κ2) is 4.54. The molecule has 0 aliphatic carbocycles. The third-order valence-corrected chi connectivity index (χ3v) is 2.14. The number of hydrogen-bond donors (Lipinski definition) is 3. The van der Waals surface area contributed by atoms with Crippen molar-refractivity contribution in [3.8, 4) is 0 Å². The largest absolute Gasteiger partial charge is 0.289 e. The van der Waals surface area contributed by atoms with E-state index < -0.39 is 0 Å². The van der Waals surface area contributed by atoms with E-state index in [1.54, 1.807) is 6.20 Å². The normalized spacial score (nSPS) is 14.6. The number of hydrazone groups is 1. The molecule has 2 heterocycles. The lowest BCUT2D eigenvalue weighted by Crippen LogP contribution is -2.37. The summed E-state index contributed by atoms with van der Waals surface area (Å²) in [5, 5.41) is 3.92. The summed E-state index contributed by atoms with van der Waals surface area (Å²) in [5.74, 6) is 4.62. The second-order valence-corrected chi connectivity index (χ2v) is 3.18. The van der Waals surface area contributed by atoms with E-state index in [0.29, 0.717) is 12.1 Å². The second-order valence-electron chi connectivity index (χ2n) is 3.18. The zero-order valence-electron chi connectivity index (χ0n) is 8.47. The molecule has 0 bridgehead atoms. The van der Waals surface area contributed by atoms with Gasteiger partial charge in [0.05, 0.1) is 11.4 Å². The van der Waals surface area contributed by atoms with E-state index in [0.717, 1.165) is 11.4 Å². The molecule has 1 aliphatic rings. The first-order chi connectivity index (χ1) is 7.81. The van der Waals surface area contributed by atoms with E-state index >= 15 is 0 Å². The van der Waals surface area contributed by atoms with Crippen molar-refractivity contribution < 1.29 is 4.79 Å². The quantitative estimate of drug-likeness (QED) is 0.362. The minimum absolute atomic E-state index is 0.349. The molecule has 2 rings (SSSR count). The van der Waals surface area contributed by atoms with Crippen LogP contribution in [0.25, 0.3) is 5.70 Å². The molecule has 0 spiro atoms. The van der Waals surface area contributed by atoms with Crippen LogP contribution in [0.2, 0.25) is 0 Å². The van der Waals surface area contributed by atoms with E-state index in [-0.39, 0.29) is 5.91 Å². The zero-order chi connectivity index (χ0) is 11.4. The van der Waals surface area contributed by atoms with Crippen LogP contribution in [-0.4, -0.2) is 16.6 Å². The van der Waals surface area contributed by atoms with Crippen molar-refractivity contribution in [2.75, 3.05) is 0 Å². The van der Waals surface area contributed by atoms with Gasteiger partial charge in [0.25, 0.3) is 5.91 Å². The molecule has 0 aromatic carbocycles. The van der Waals surface area contributed by atoms with Crippen molar-refractivity contribution in [1.82, 2.24) is 15.8 Å². The molecule has 1 aromatic rings. The van der Waals surface area contributed by atoms with Gasteiger partial charge in [0.2, 0.25) is 0 Å². The number of rotatable bonds is 2. The lowest BCUT2D eigenvalue weighted by atomic mass is 10.1. The standard InChI is InChI=1S/C10H11N5O/c11-13-10(16)9-5-4-8(14-15-9)7-3-1-2-6-12-7/h1-4,6,14H,5,11H2,(H,13,16). The Hall–Kier alpha value is -2.21. The van der Waals surface area contributed by atoms with Crippen LogP contribution in [0.1, 0.15) is 12.1 Å². The molecule has 16 heavy (non-hydrogen) atoms. The summed E-state index contributed by atoms with van der Waals surface area (Å²) in [4.78, 5) is 15.3. The van der Waals surface area contributed by atoms with Crippen LogP contribution in [0, 0.1) is 0 Å². The summed E-state index contributed by atoms with van der Waals surface area (Å²) in [5.41, 5.74) is 6.73. The van der Waals surface area contributed by atoms with E-state index in [4.69, 9.17) is 5.84 Å². The summed E-state index contributed by atoms with van der Waals surface area (Å²) in [6.07, 6.45) is 3.98. The summed E-state index contributed by atoms with van der Waals surface area (Å²) in [7, 11) is 0. The van der Waals surface area contributed by atoms with Crippen molar-refractivity contribution in [3.63, 3.8) is 0 Å². The molecule has 82 valence electrons. The van der Waals surface area contributed by atoms with Crippen LogP contribution in [0.15, 0.2) is 35.6 Å². The number of aromatic nitrogens is 1. The maximum Gasteiger partial charge on any atom is 0.281 e. The average Bonchev–Trinajstić information content (AvgIpc) is 2.39. The van der Waals surface area contributed by atoms with Crippen LogP contribution in [0.4, 0.5) is 0 Å². The molecular weight excluding hydrogens is 206 g/mol. The Morgan fingerprint density at radius 3 is 2.94 bits per heavy atom. The number of nitrogens with zero attached hydrogens (tertiary/aromatic N) is 2. The molecule has 0 radical (unpaired) electrons. The van der Waals surface area contributed by atoms with Gasteiger partial charge in [-0.15, -0.1) is 0 Å². The molecule has 0 saturated heterocycles. The Labute approximate surface area is 92.2 Å². The van der Waals surface area contributed by atoms with Gasteiger partial charge in [-0.1, -0.05) is 12.1 Å². The van der Waals surface area contributed by atoms with Gasteiger partial charge in [0, 0.05) is 12.6 Å². The molecular formula is C10H11N5O. The molecule has 6 nitrogen and oxygen atoms in total. The SMILES string of the molecule is NNC(=O)C1=NNC(c2ccccn2)=CC1. The number of carbonyl (C=O) groups is 1. The van der Waals surface area contributed by atoms with Gasteiger partial charge in [-0.2, -0.15) is 5.10 Å². The van der Waals surface area contributed by atoms with Gasteiger partial charge in [0.15, 0.2) is 0 Å². The summed E-state index contributed by atoms with van der Waals surface area (Å²) in [6.45, 7) is 0. The Bertz CT molecular complexity index is 452. The van der Waals surface area contributed by atoms with Crippen molar-refractivity contribution in [2.24, 2.45) is 10.9 Å². The predicted molar refractivity (Wildman–Crippen MR) is 59.7 cm³/mol. The van der Waals surface area contributed by atoms with E-state index in [9.17, 15) is 4.79 Å². The molecule has 0 atom stereocenters. The maximum absolute atomic E-state index is 11.2. The molecule has 1 aromatic heterocycles. The molecule has 0 fully saturated rings. The highest BCUT2D eigenvalue weighted by Crippen LogP contribution is 2.12. The average molecular weight is 217 g/mol. The van der Waals surface area contributed by atoms with Crippen molar-refractivity contribution in [2.45, 2.75) is 6.42 Å². The number of nitrogens with one attached hydrogen (secondary N) is 2. The third-order valence-electron chi connectivity index (χ3n) is 2.14. The summed E-state index contributed by atoms with van der Waals surface area (Å²) >= 11 is 0. The van der Waals surface area contributed by atoms with Crippen molar-refractivity contribution in [3.05, 3.63) is 36.2 Å². The number of carbonyl (C=O) groups excluding carboxylic acids is 1. The molecule has 4 N–H and O–H groups in total. The van der Waals surface area contributed by atoms with Crippen LogP contribution < -0.4 is 16.7 Å². The highest BCUT2D eigenvalue weighted by Gasteiger charge is 2.14. The van der Waals surface area contributed by atoms with Gasteiger partial charge in [-0.25, -0.2) is 5.84 Å². The third kappa shape index (κ3) is 2.06. The fourth-order valence-electron chi connectivity index (χ4n) is 1.33. The minimum Gasteiger partial charge on any atom is -0.289 e. The minimum atomic E-state index is -0.385. The highest BCUT2D eigenvalue weighted by atomic mass is 16.2. The number of pyridine rings is 1. The highest BCUT2D eigenvalue weighted by molar-refractivity contribution is 6.39. The molecule has 1 aliphatic heterocycles. The van der Waals surface area contributed by atoms with Gasteiger partial charge in [-0.05, 0) is 12.1 Å². The van der Waals surface area contributed by atoms with Gasteiger partial charge in [-0.3, -0.25) is 20.6 Å². The van der Waals surface area contributed by atoms with E-state index in [2.05, 4.69) is 15.5 Å². The smallest absolute Gasteiger partial charge is 0.281 e. The Morgan fingerprint density at radius 2 is 2.38 bits per heavy atom. The van der Waals surface area contributed by atoms with E-state index in [1.807, 2.05) is 29.7 Å². The first-order valence-corrected chi connectivity index (χ1v) is 4.76. The van der Waals surface area contributed by atoms with Gasteiger partial charge in [0.1, 0.15) is 5.71 Å². The van der Waals surface area contributed by atoms with Crippen molar-refractivity contribution in [1.29, 1.82) is 0 Å². The molecule has 0 unspecified atom stereocenters. The van der Waals surface area contributed by atoms with Crippen LogP contribution in [0.5, 0.6) is 0 Å². The lowest BCUT2D eigenvalue weighted by molar-refractivity contribution is -0.115. The molecule has 0 saturated carbocycles. The Kier molecular flexibility index (Phi) is 2.93. The summed E-state index contributed by atoms with van der Waals surface area (Å²) < 4.78 is 0. The topological polar surface area (TPSA) is 92.4 Å². The number of hydrazine groups is 1. The van der Waals surface area contributed by atoms with Crippen LogP contribution in [0.3, 0.4) is 0 Å². The van der Waals surface area contributed by atoms with Crippen LogP contribution >= 0.6 is 0 Å². The first-order valence-electron chi connectivity index (χ1n) is 4.76. The zero-order valence-corrected chi connectivity index (χ0v) is 8.47. The number of hydrogen-bond acceptors (Lipinski definition) is 5. The lowest BCUT2D eigenvalue weighted by Gasteiger charge is -2.12. The molecule has 6 heteroatoms. The Balaban J connectivity index is 2.10. The number of allylic oxidation sites excluding steroid dienone is 1. The Morgan fingerprint density at radius 1 is 1.50 bits per heavy atom. The van der Waals surface area contributed by atoms with E-state index in [1.165, 1.54) is 0 Å². The fourth-order valence-corrected chi connectivity index (χ4v) is 1.33. The predicted octanol–water partition coefficient (Wildman–Crippen LogP) is -0.238. The van der Waals surface area contributed by atoms with Crippen LogP contribution in [-0.2, 0) is 4.79 Å². The maximum atomic E-state index is 11.2. The van der Waals surface area contributed by atoms with Gasteiger partial charge < -0.3 is 0 Å². The monoisotopic (exact) mass is 217 g/mol. The van der Waals surface area contributed by atoms with Crippen molar-refractivity contribution >= 4 is 17.3 Å². The number of nitrogens with two attached hydrogens (primary N) is 1. The summed E-state index contributed by atoms with van der Waals surface area (Å²) in [6, 6.07) is 5.59.